The van der Waals surface area contributed by atoms with Crippen molar-refractivity contribution in [3.05, 3.63) is 74.5 Å². The van der Waals surface area contributed by atoms with Crippen molar-refractivity contribution in [2.75, 3.05) is 12.0 Å². The lowest BCUT2D eigenvalue weighted by Gasteiger charge is -2.07. The molecular weight excluding hydrogens is 436 g/mol. The number of hydrazone groups is 1. The average molecular weight is 449 g/mol. The molecule has 3 rings (SSSR count). The lowest BCUT2D eigenvalue weighted by molar-refractivity contribution is 0.367. The summed E-state index contributed by atoms with van der Waals surface area (Å²) in [7, 11) is 0. The fraction of sp³-hybridized carbons (Fsp3) is 0.0500. The van der Waals surface area contributed by atoms with Crippen molar-refractivity contribution in [2.45, 2.75) is 0 Å². The predicted octanol–water partition coefficient (Wildman–Crippen LogP) is 3.42. The lowest BCUT2D eigenvalue weighted by Crippen LogP contribution is -2.16. The van der Waals surface area contributed by atoms with E-state index in [0.717, 1.165) is 4.47 Å². The van der Waals surface area contributed by atoms with E-state index in [-0.39, 0.29) is 23.8 Å². The minimum Gasteiger partial charge on any atom is -0.478 e. The highest BCUT2D eigenvalue weighted by molar-refractivity contribution is 9.10. The third-order valence-corrected chi connectivity index (χ3v) is 4.21. The predicted molar refractivity (Wildman–Crippen MR) is 111 cm³/mol. The van der Waals surface area contributed by atoms with Gasteiger partial charge in [0.2, 0.25) is 5.95 Å². The van der Waals surface area contributed by atoms with Gasteiger partial charge in [-0.05, 0) is 18.2 Å². The van der Waals surface area contributed by atoms with E-state index in [1.54, 1.807) is 42.5 Å². The standard InChI is InChI=1S/C20H13BrN6O2/c21-15-6-7-17(29-9-8-22)14(10-15)12-24-27-20-25-18(13-4-2-1-3-5-13)16(11-23)19(28)26-20/h1-7,10,12H,9H2,(H2,25,26,27,28). The number of halogens is 1. The molecule has 0 fully saturated rings. The minimum absolute atomic E-state index is 0.0788. The van der Waals surface area contributed by atoms with Crippen molar-refractivity contribution in [3.63, 3.8) is 0 Å². The Hall–Kier alpha value is -3.95. The van der Waals surface area contributed by atoms with Crippen molar-refractivity contribution >= 4 is 28.1 Å². The number of rotatable bonds is 6. The van der Waals surface area contributed by atoms with Crippen LogP contribution in [0.5, 0.6) is 5.75 Å². The molecule has 0 aliphatic heterocycles. The first-order valence-corrected chi connectivity index (χ1v) is 9.10. The van der Waals surface area contributed by atoms with Crippen LogP contribution in [0.1, 0.15) is 11.1 Å². The second-order valence-electron chi connectivity index (χ2n) is 5.61. The van der Waals surface area contributed by atoms with Crippen molar-refractivity contribution in [2.24, 2.45) is 5.10 Å². The highest BCUT2D eigenvalue weighted by atomic mass is 79.9. The molecule has 9 heteroatoms. The first-order valence-electron chi connectivity index (χ1n) is 8.30. The van der Waals surface area contributed by atoms with E-state index in [1.165, 1.54) is 6.21 Å². The molecule has 1 heterocycles. The third kappa shape index (κ3) is 4.86. The zero-order chi connectivity index (χ0) is 20.6. The molecule has 0 aliphatic rings. The SMILES string of the molecule is N#CCOc1ccc(Br)cc1C=NNc1nc(-c2ccccc2)c(C#N)c(=O)[nH]1. The van der Waals surface area contributed by atoms with Gasteiger partial charge in [-0.1, -0.05) is 46.3 Å². The van der Waals surface area contributed by atoms with Gasteiger partial charge < -0.3 is 4.74 Å². The molecule has 0 saturated carbocycles. The van der Waals surface area contributed by atoms with Crippen molar-refractivity contribution < 1.29 is 4.74 Å². The molecule has 2 N–H and O–H groups in total. The Labute approximate surface area is 174 Å². The summed E-state index contributed by atoms with van der Waals surface area (Å²) in [6, 6.07) is 18.0. The molecule has 3 aromatic rings. The normalized spacial score (nSPS) is 10.3. The molecule has 0 saturated heterocycles. The van der Waals surface area contributed by atoms with Gasteiger partial charge in [0.15, 0.2) is 6.61 Å². The molecule has 0 spiro atoms. The van der Waals surface area contributed by atoms with Crippen LogP contribution >= 0.6 is 15.9 Å². The molecule has 29 heavy (non-hydrogen) atoms. The summed E-state index contributed by atoms with van der Waals surface area (Å²) in [6.45, 7) is -0.0964. The second-order valence-corrected chi connectivity index (χ2v) is 6.53. The van der Waals surface area contributed by atoms with Gasteiger partial charge in [-0.2, -0.15) is 15.6 Å². The van der Waals surface area contributed by atoms with E-state index in [2.05, 4.69) is 36.4 Å². The summed E-state index contributed by atoms with van der Waals surface area (Å²) >= 11 is 3.37. The van der Waals surface area contributed by atoms with Gasteiger partial charge in [-0.15, -0.1) is 0 Å². The van der Waals surface area contributed by atoms with Crippen LogP contribution in [-0.2, 0) is 0 Å². The van der Waals surface area contributed by atoms with Crippen LogP contribution in [0, 0.1) is 22.7 Å². The first kappa shape index (κ1) is 19.8. The largest absolute Gasteiger partial charge is 0.478 e. The molecule has 0 radical (unpaired) electrons. The Balaban J connectivity index is 1.90. The summed E-state index contributed by atoms with van der Waals surface area (Å²) in [5, 5.41) is 22.1. The van der Waals surface area contributed by atoms with Gasteiger partial charge in [0.25, 0.3) is 5.56 Å². The molecule has 0 atom stereocenters. The van der Waals surface area contributed by atoms with Crippen LogP contribution < -0.4 is 15.7 Å². The number of ether oxygens (including phenoxy) is 1. The topological polar surface area (TPSA) is 127 Å². The first-order chi connectivity index (χ1) is 14.1. The van der Waals surface area contributed by atoms with Gasteiger partial charge in [-0.3, -0.25) is 9.78 Å². The number of aromatic amines is 1. The summed E-state index contributed by atoms with van der Waals surface area (Å²) in [5.41, 5.74) is 3.52. The van der Waals surface area contributed by atoms with Gasteiger partial charge in [0.1, 0.15) is 23.5 Å². The molecule has 0 bridgehead atoms. The quantitative estimate of drug-likeness (QED) is 0.439. The van der Waals surface area contributed by atoms with Crippen LogP contribution in [0.3, 0.4) is 0 Å². The maximum absolute atomic E-state index is 12.2. The van der Waals surface area contributed by atoms with E-state index >= 15 is 0 Å². The lowest BCUT2D eigenvalue weighted by atomic mass is 10.1. The maximum atomic E-state index is 12.2. The van der Waals surface area contributed by atoms with Crippen LogP contribution in [-0.4, -0.2) is 22.8 Å². The Morgan fingerprint density at radius 2 is 2.03 bits per heavy atom. The van der Waals surface area contributed by atoms with Gasteiger partial charge in [-0.25, -0.2) is 10.4 Å². The zero-order valence-electron chi connectivity index (χ0n) is 14.9. The van der Waals surface area contributed by atoms with E-state index in [1.807, 2.05) is 18.2 Å². The highest BCUT2D eigenvalue weighted by Gasteiger charge is 2.12. The van der Waals surface area contributed by atoms with E-state index < -0.39 is 5.56 Å². The number of benzene rings is 2. The number of nitrogens with zero attached hydrogens (tertiary/aromatic N) is 4. The number of aromatic nitrogens is 2. The van der Waals surface area contributed by atoms with Crippen LogP contribution in [0.25, 0.3) is 11.3 Å². The molecule has 2 aromatic carbocycles. The number of hydrogen-bond donors (Lipinski definition) is 2. The Morgan fingerprint density at radius 1 is 1.24 bits per heavy atom. The smallest absolute Gasteiger partial charge is 0.270 e. The van der Waals surface area contributed by atoms with Crippen LogP contribution in [0.4, 0.5) is 5.95 Å². The second kappa shape index (κ2) is 9.31. The number of H-pyrrole nitrogens is 1. The van der Waals surface area contributed by atoms with E-state index in [0.29, 0.717) is 16.9 Å². The molecule has 8 nitrogen and oxygen atoms in total. The highest BCUT2D eigenvalue weighted by Crippen LogP contribution is 2.22. The average Bonchev–Trinajstić information content (AvgIpc) is 2.73. The molecule has 0 aliphatic carbocycles. The summed E-state index contributed by atoms with van der Waals surface area (Å²) in [6.07, 6.45) is 1.47. The molecule has 0 amide bonds. The summed E-state index contributed by atoms with van der Waals surface area (Å²) in [4.78, 5) is 19.0. The van der Waals surface area contributed by atoms with Crippen molar-refractivity contribution in [1.82, 2.24) is 9.97 Å². The maximum Gasteiger partial charge on any atom is 0.270 e. The molecule has 0 unspecified atom stereocenters. The summed E-state index contributed by atoms with van der Waals surface area (Å²) in [5.74, 6) is 0.560. The fourth-order valence-corrected chi connectivity index (χ4v) is 2.84. The van der Waals surface area contributed by atoms with Crippen LogP contribution in [0.15, 0.2) is 62.9 Å². The van der Waals surface area contributed by atoms with Gasteiger partial charge in [0, 0.05) is 15.6 Å². The van der Waals surface area contributed by atoms with Crippen molar-refractivity contribution in [3.8, 4) is 29.1 Å². The number of hydrogen-bond acceptors (Lipinski definition) is 7. The zero-order valence-corrected chi connectivity index (χ0v) is 16.5. The number of nitriles is 2. The van der Waals surface area contributed by atoms with Crippen molar-refractivity contribution in [1.29, 1.82) is 10.5 Å². The fourth-order valence-electron chi connectivity index (χ4n) is 2.46. The van der Waals surface area contributed by atoms with Gasteiger partial charge in [0.05, 0.1) is 11.9 Å². The Morgan fingerprint density at radius 3 is 2.76 bits per heavy atom. The number of anilines is 1. The number of nitrogens with one attached hydrogen (secondary N) is 2. The van der Waals surface area contributed by atoms with Crippen LogP contribution in [0.2, 0.25) is 0 Å². The molecule has 142 valence electrons. The Bertz CT molecular complexity index is 1190. The third-order valence-electron chi connectivity index (χ3n) is 3.72. The van der Waals surface area contributed by atoms with E-state index in [4.69, 9.17) is 10.00 Å². The molecular formula is C20H13BrN6O2. The Kier molecular flexibility index (Phi) is 6.36. The van der Waals surface area contributed by atoms with E-state index in [9.17, 15) is 10.1 Å². The summed E-state index contributed by atoms with van der Waals surface area (Å²) < 4.78 is 6.17. The van der Waals surface area contributed by atoms with Gasteiger partial charge >= 0.3 is 0 Å². The minimum atomic E-state index is -0.570. The monoisotopic (exact) mass is 448 g/mol. The molecule has 1 aromatic heterocycles.